The van der Waals surface area contributed by atoms with E-state index in [1.165, 1.54) is 11.3 Å². The second-order valence-electron chi connectivity index (χ2n) is 4.45. The first-order valence-corrected chi connectivity index (χ1v) is 7.25. The van der Waals surface area contributed by atoms with E-state index in [1.54, 1.807) is 30.5 Å². The van der Waals surface area contributed by atoms with Crippen LogP contribution in [0.5, 0.6) is 0 Å². The van der Waals surface area contributed by atoms with E-state index in [9.17, 15) is 9.59 Å². The number of carbonyl (C=O) groups excluding carboxylic acids is 2. The Hall–Kier alpha value is -2.47. The molecular formula is C15H12N2O3S. The number of hydrogen-bond donors (Lipinski definition) is 0. The van der Waals surface area contributed by atoms with Crippen LogP contribution in [0.1, 0.15) is 16.1 Å². The molecule has 6 heteroatoms. The quantitative estimate of drug-likeness (QED) is 0.536. The number of benzene rings is 1. The minimum absolute atomic E-state index is 0.0659. The minimum atomic E-state index is -0.454. The van der Waals surface area contributed by atoms with Crippen LogP contribution in [-0.4, -0.2) is 27.7 Å². The summed E-state index contributed by atoms with van der Waals surface area (Å²) in [7, 11) is 0. The number of ketones is 1. The van der Waals surface area contributed by atoms with Crippen molar-refractivity contribution in [3.8, 4) is 0 Å². The number of nitrogens with zero attached hydrogens (tertiary/aromatic N) is 2. The van der Waals surface area contributed by atoms with Gasteiger partial charge in [-0.2, -0.15) is 0 Å². The molecule has 0 aliphatic rings. The van der Waals surface area contributed by atoms with Gasteiger partial charge in [0.2, 0.25) is 0 Å². The van der Waals surface area contributed by atoms with Crippen molar-refractivity contribution < 1.29 is 14.3 Å². The van der Waals surface area contributed by atoms with Crippen molar-refractivity contribution in [2.75, 3.05) is 6.61 Å². The summed E-state index contributed by atoms with van der Waals surface area (Å²) >= 11 is 1.50. The van der Waals surface area contributed by atoms with Crippen molar-refractivity contribution in [2.45, 2.75) is 6.42 Å². The van der Waals surface area contributed by atoms with Crippen molar-refractivity contribution in [3.05, 3.63) is 59.4 Å². The van der Waals surface area contributed by atoms with Crippen LogP contribution in [0.4, 0.5) is 0 Å². The van der Waals surface area contributed by atoms with Gasteiger partial charge < -0.3 is 4.74 Å². The van der Waals surface area contributed by atoms with Gasteiger partial charge >= 0.3 is 5.97 Å². The third kappa shape index (κ3) is 3.17. The molecule has 21 heavy (non-hydrogen) atoms. The number of thiazole rings is 1. The predicted octanol–water partition coefficient (Wildman–Crippen LogP) is 2.36. The summed E-state index contributed by atoms with van der Waals surface area (Å²) in [5.74, 6) is -0.667. The van der Waals surface area contributed by atoms with Gasteiger partial charge in [-0.1, -0.05) is 30.3 Å². The van der Waals surface area contributed by atoms with Crippen LogP contribution in [-0.2, 0) is 16.0 Å². The second-order valence-corrected chi connectivity index (χ2v) is 5.32. The number of imidazole rings is 1. The highest BCUT2D eigenvalue weighted by atomic mass is 32.1. The van der Waals surface area contributed by atoms with Gasteiger partial charge in [-0.3, -0.25) is 14.0 Å². The van der Waals surface area contributed by atoms with Crippen LogP contribution in [0.15, 0.2) is 48.1 Å². The van der Waals surface area contributed by atoms with E-state index >= 15 is 0 Å². The number of ether oxygens (including phenoxy) is 1. The van der Waals surface area contributed by atoms with Gasteiger partial charge in [0.15, 0.2) is 17.4 Å². The normalized spacial score (nSPS) is 10.7. The molecule has 0 bridgehead atoms. The van der Waals surface area contributed by atoms with E-state index in [2.05, 4.69) is 4.98 Å². The average Bonchev–Trinajstić information content (AvgIpc) is 3.07. The van der Waals surface area contributed by atoms with Gasteiger partial charge in [-0.05, 0) is 0 Å². The van der Waals surface area contributed by atoms with Gasteiger partial charge in [0.1, 0.15) is 0 Å². The lowest BCUT2D eigenvalue weighted by Crippen LogP contribution is -2.15. The second kappa shape index (κ2) is 5.88. The molecule has 3 rings (SSSR count). The predicted molar refractivity (Wildman–Crippen MR) is 78.5 cm³/mol. The van der Waals surface area contributed by atoms with Gasteiger partial charge in [0.05, 0.1) is 12.1 Å². The largest absolute Gasteiger partial charge is 0.457 e. The standard InChI is InChI=1S/C15H12N2O3S/c18-13(11-4-2-1-3-5-11)10-20-14(19)8-12-9-17-6-7-21-15(17)16-12/h1-7,9H,8,10H2. The number of rotatable bonds is 5. The zero-order valence-corrected chi connectivity index (χ0v) is 11.9. The van der Waals surface area contributed by atoms with E-state index in [4.69, 9.17) is 4.74 Å². The van der Waals surface area contributed by atoms with Crippen LogP contribution in [0.25, 0.3) is 4.96 Å². The number of Topliss-reactive ketones (excluding diaryl/α,β-unsaturated/α-hetero) is 1. The number of carbonyl (C=O) groups is 2. The molecule has 2 aromatic heterocycles. The molecule has 0 spiro atoms. The lowest BCUT2D eigenvalue weighted by Gasteiger charge is -2.03. The molecule has 0 atom stereocenters. The maximum absolute atomic E-state index is 11.8. The molecule has 1 aromatic carbocycles. The first-order valence-electron chi connectivity index (χ1n) is 6.37. The Morgan fingerprint density at radius 1 is 1.24 bits per heavy atom. The van der Waals surface area contributed by atoms with Gasteiger partial charge in [0, 0.05) is 23.3 Å². The summed E-state index contributed by atoms with van der Waals surface area (Å²) in [6.45, 7) is -0.245. The fraction of sp³-hybridized carbons (Fsp3) is 0.133. The fourth-order valence-corrected chi connectivity index (χ4v) is 2.63. The first kappa shape index (κ1) is 13.5. The fourth-order valence-electron chi connectivity index (χ4n) is 1.91. The number of aromatic nitrogens is 2. The summed E-state index contributed by atoms with van der Waals surface area (Å²) in [4.78, 5) is 28.7. The highest BCUT2D eigenvalue weighted by Gasteiger charge is 2.12. The van der Waals surface area contributed by atoms with E-state index in [-0.39, 0.29) is 18.8 Å². The Labute approximate surface area is 124 Å². The monoisotopic (exact) mass is 300 g/mol. The van der Waals surface area contributed by atoms with Crippen LogP contribution < -0.4 is 0 Å². The molecular weight excluding hydrogens is 288 g/mol. The third-order valence-corrected chi connectivity index (χ3v) is 3.70. The molecule has 0 saturated carbocycles. The molecule has 0 unspecified atom stereocenters. The van der Waals surface area contributed by atoms with Crippen molar-refractivity contribution in [1.82, 2.24) is 9.38 Å². The highest BCUT2D eigenvalue weighted by molar-refractivity contribution is 7.15. The molecule has 0 radical (unpaired) electrons. The van der Waals surface area contributed by atoms with Gasteiger partial charge in [0.25, 0.3) is 0 Å². The Kier molecular flexibility index (Phi) is 3.79. The molecule has 0 aliphatic carbocycles. The van der Waals surface area contributed by atoms with Crippen molar-refractivity contribution in [1.29, 1.82) is 0 Å². The molecule has 106 valence electrons. The lowest BCUT2D eigenvalue weighted by atomic mass is 10.1. The van der Waals surface area contributed by atoms with E-state index < -0.39 is 5.97 Å². The van der Waals surface area contributed by atoms with Crippen LogP contribution in [0.2, 0.25) is 0 Å². The number of hydrogen-bond acceptors (Lipinski definition) is 5. The Morgan fingerprint density at radius 2 is 2.05 bits per heavy atom. The van der Waals surface area contributed by atoms with Crippen molar-refractivity contribution >= 4 is 28.1 Å². The molecule has 5 nitrogen and oxygen atoms in total. The molecule has 0 N–H and O–H groups in total. The van der Waals surface area contributed by atoms with Gasteiger partial charge in [-0.15, -0.1) is 11.3 Å². The first-order chi connectivity index (χ1) is 10.2. The van der Waals surface area contributed by atoms with E-state index in [0.29, 0.717) is 11.3 Å². The Morgan fingerprint density at radius 3 is 2.81 bits per heavy atom. The molecule has 0 fully saturated rings. The Balaban J connectivity index is 1.55. The maximum atomic E-state index is 11.8. The molecule has 3 aromatic rings. The number of esters is 1. The van der Waals surface area contributed by atoms with Crippen LogP contribution in [0, 0.1) is 0 Å². The maximum Gasteiger partial charge on any atom is 0.312 e. The zero-order valence-electron chi connectivity index (χ0n) is 11.1. The smallest absolute Gasteiger partial charge is 0.312 e. The van der Waals surface area contributed by atoms with Crippen molar-refractivity contribution in [2.24, 2.45) is 0 Å². The van der Waals surface area contributed by atoms with E-state index in [1.807, 2.05) is 22.0 Å². The third-order valence-electron chi connectivity index (χ3n) is 2.93. The lowest BCUT2D eigenvalue weighted by molar-refractivity contribution is -0.141. The molecule has 0 saturated heterocycles. The highest BCUT2D eigenvalue weighted by Crippen LogP contribution is 2.12. The topological polar surface area (TPSA) is 60.7 Å². The van der Waals surface area contributed by atoms with E-state index in [0.717, 1.165) is 4.96 Å². The molecule has 2 heterocycles. The molecule has 0 amide bonds. The summed E-state index contributed by atoms with van der Waals surface area (Å²) < 4.78 is 6.85. The summed E-state index contributed by atoms with van der Waals surface area (Å²) in [6, 6.07) is 8.76. The van der Waals surface area contributed by atoms with Gasteiger partial charge in [-0.25, -0.2) is 4.98 Å². The van der Waals surface area contributed by atoms with Crippen molar-refractivity contribution in [3.63, 3.8) is 0 Å². The van der Waals surface area contributed by atoms with Crippen LogP contribution >= 0.6 is 11.3 Å². The summed E-state index contributed by atoms with van der Waals surface area (Å²) in [5.41, 5.74) is 1.17. The summed E-state index contributed by atoms with van der Waals surface area (Å²) in [5, 5.41) is 1.92. The zero-order chi connectivity index (χ0) is 14.7. The molecule has 0 aliphatic heterocycles. The minimum Gasteiger partial charge on any atom is -0.457 e. The van der Waals surface area contributed by atoms with Crippen LogP contribution in [0.3, 0.4) is 0 Å². The SMILES string of the molecule is O=C(Cc1cn2ccsc2n1)OCC(=O)c1ccccc1. The Bertz CT molecular complexity index is 748. The summed E-state index contributed by atoms with van der Waals surface area (Å²) in [6.07, 6.45) is 3.73. The average molecular weight is 300 g/mol. The number of fused-ring (bicyclic) bond motifs is 1.